The average molecular weight is 285 g/mol. The summed E-state index contributed by atoms with van der Waals surface area (Å²) < 4.78 is 1.57. The number of carbonyl (C=O) groups excluding carboxylic acids is 1. The fourth-order valence-corrected chi connectivity index (χ4v) is 2.70. The lowest BCUT2D eigenvalue weighted by Gasteiger charge is -2.32. The second kappa shape index (κ2) is 5.05. The molecule has 108 valence electrons. The first-order valence-corrected chi connectivity index (χ1v) is 6.71. The summed E-state index contributed by atoms with van der Waals surface area (Å²) >= 11 is 0. The van der Waals surface area contributed by atoms with E-state index in [-0.39, 0.29) is 5.91 Å². The van der Waals surface area contributed by atoms with E-state index in [0.29, 0.717) is 29.9 Å². The molecule has 0 saturated carbocycles. The Bertz CT molecular complexity index is 708. The third kappa shape index (κ3) is 2.29. The number of aliphatic carboxylic acids is 1. The van der Waals surface area contributed by atoms with Crippen LogP contribution in [0.3, 0.4) is 0 Å². The van der Waals surface area contributed by atoms with Crippen LogP contribution >= 0.6 is 0 Å². The predicted molar refractivity (Wildman–Crippen MR) is 76.3 cm³/mol. The molecule has 2 aromatic rings. The van der Waals surface area contributed by atoms with Gasteiger partial charge in [0.05, 0.1) is 5.92 Å². The topological polar surface area (TPSA) is 75.4 Å². The summed E-state index contributed by atoms with van der Waals surface area (Å²) in [6.07, 6.45) is 2.12. The van der Waals surface area contributed by atoms with Crippen molar-refractivity contribution in [3.63, 3.8) is 0 Å². The highest BCUT2D eigenvalue weighted by atomic mass is 16.4. The molecule has 0 aliphatic carbocycles. The number of para-hydroxylation sites is 1. The Labute approximate surface area is 121 Å². The van der Waals surface area contributed by atoms with E-state index in [0.717, 1.165) is 0 Å². The van der Waals surface area contributed by atoms with Gasteiger partial charge in [0, 0.05) is 25.5 Å². The Kier molecular flexibility index (Phi) is 3.21. The normalized spacial score (nSPS) is 17.4. The maximum Gasteiger partial charge on any atom is 0.311 e. The molecule has 0 bridgehead atoms. The highest BCUT2D eigenvalue weighted by Crippen LogP contribution is 2.35. The summed E-state index contributed by atoms with van der Waals surface area (Å²) in [6.45, 7) is 0.378. The van der Waals surface area contributed by atoms with Gasteiger partial charge in [-0.2, -0.15) is 5.10 Å². The van der Waals surface area contributed by atoms with Crippen LogP contribution in [0.15, 0.2) is 36.5 Å². The summed E-state index contributed by atoms with van der Waals surface area (Å²) in [7, 11) is 1.75. The van der Waals surface area contributed by atoms with Crippen molar-refractivity contribution in [2.75, 3.05) is 11.4 Å². The van der Waals surface area contributed by atoms with Crippen molar-refractivity contribution in [3.05, 3.63) is 47.8 Å². The first-order chi connectivity index (χ1) is 10.1. The van der Waals surface area contributed by atoms with Gasteiger partial charge in [-0.3, -0.25) is 14.3 Å². The molecule has 0 saturated heterocycles. The number of carboxylic acids is 1. The number of nitrogens with zero attached hydrogens (tertiary/aromatic N) is 3. The Morgan fingerprint density at radius 1 is 1.29 bits per heavy atom. The number of rotatable bonds is 2. The van der Waals surface area contributed by atoms with Crippen LogP contribution in [0, 0.1) is 0 Å². The monoisotopic (exact) mass is 285 g/mol. The Morgan fingerprint density at radius 3 is 2.71 bits per heavy atom. The number of aryl methyl sites for hydroxylation is 1. The van der Waals surface area contributed by atoms with Gasteiger partial charge in [-0.1, -0.05) is 18.2 Å². The van der Waals surface area contributed by atoms with E-state index in [2.05, 4.69) is 5.10 Å². The largest absolute Gasteiger partial charge is 0.481 e. The van der Waals surface area contributed by atoms with Crippen LogP contribution in [0.2, 0.25) is 0 Å². The van der Waals surface area contributed by atoms with Gasteiger partial charge in [0.15, 0.2) is 5.69 Å². The van der Waals surface area contributed by atoms with Crippen molar-refractivity contribution in [2.24, 2.45) is 7.05 Å². The summed E-state index contributed by atoms with van der Waals surface area (Å²) in [6, 6.07) is 8.82. The lowest BCUT2D eigenvalue weighted by Crippen LogP contribution is -2.38. The standard InChI is InChI=1S/C15H15N3O3/c1-17-8-7-12(16-17)14(19)18-9-6-11(15(20)21)10-4-2-3-5-13(10)18/h2-5,7-8,11H,6,9H2,1H3,(H,20,21). The number of anilines is 1. The molecular weight excluding hydrogens is 270 g/mol. The van der Waals surface area contributed by atoms with Crippen LogP contribution in [0.4, 0.5) is 5.69 Å². The second-order valence-corrected chi connectivity index (χ2v) is 5.07. The molecule has 1 N–H and O–H groups in total. The number of hydrogen-bond acceptors (Lipinski definition) is 3. The minimum absolute atomic E-state index is 0.202. The van der Waals surface area contributed by atoms with Gasteiger partial charge in [-0.15, -0.1) is 0 Å². The van der Waals surface area contributed by atoms with E-state index in [1.165, 1.54) is 0 Å². The van der Waals surface area contributed by atoms with Crippen molar-refractivity contribution in [1.29, 1.82) is 0 Å². The minimum atomic E-state index is -0.854. The Balaban J connectivity index is 2.00. The second-order valence-electron chi connectivity index (χ2n) is 5.07. The van der Waals surface area contributed by atoms with E-state index in [4.69, 9.17) is 0 Å². The number of hydrogen-bond donors (Lipinski definition) is 1. The summed E-state index contributed by atoms with van der Waals surface area (Å²) in [4.78, 5) is 25.5. The minimum Gasteiger partial charge on any atom is -0.481 e. The zero-order valence-corrected chi connectivity index (χ0v) is 11.6. The van der Waals surface area contributed by atoms with Gasteiger partial charge in [0.1, 0.15) is 0 Å². The highest BCUT2D eigenvalue weighted by Gasteiger charge is 2.33. The third-order valence-corrected chi connectivity index (χ3v) is 3.72. The van der Waals surface area contributed by atoms with Crippen molar-refractivity contribution in [1.82, 2.24) is 9.78 Å². The number of fused-ring (bicyclic) bond motifs is 1. The van der Waals surface area contributed by atoms with Crippen LogP contribution in [0.25, 0.3) is 0 Å². The molecule has 21 heavy (non-hydrogen) atoms. The van der Waals surface area contributed by atoms with Gasteiger partial charge in [0.25, 0.3) is 5.91 Å². The first-order valence-electron chi connectivity index (χ1n) is 6.71. The first kappa shape index (κ1) is 13.4. The fourth-order valence-electron chi connectivity index (χ4n) is 2.70. The van der Waals surface area contributed by atoms with Crippen LogP contribution in [0.1, 0.15) is 28.4 Å². The maximum absolute atomic E-state index is 12.6. The van der Waals surface area contributed by atoms with E-state index < -0.39 is 11.9 Å². The van der Waals surface area contributed by atoms with Crippen LogP contribution in [-0.4, -0.2) is 33.3 Å². The molecule has 1 unspecified atom stereocenters. The summed E-state index contributed by atoms with van der Waals surface area (Å²) in [5, 5.41) is 13.4. The van der Waals surface area contributed by atoms with Gasteiger partial charge in [0.2, 0.25) is 0 Å². The molecule has 1 amide bonds. The molecule has 3 rings (SSSR count). The fraction of sp³-hybridized carbons (Fsp3) is 0.267. The lowest BCUT2D eigenvalue weighted by molar-refractivity contribution is -0.139. The number of aromatic nitrogens is 2. The van der Waals surface area contributed by atoms with Crippen molar-refractivity contribution < 1.29 is 14.7 Å². The Morgan fingerprint density at radius 2 is 2.05 bits per heavy atom. The van der Waals surface area contributed by atoms with E-state index in [1.54, 1.807) is 47.1 Å². The van der Waals surface area contributed by atoms with E-state index in [9.17, 15) is 14.7 Å². The van der Waals surface area contributed by atoms with Crippen molar-refractivity contribution >= 4 is 17.6 Å². The average Bonchev–Trinajstić information content (AvgIpc) is 2.91. The predicted octanol–water partition coefficient (Wildman–Crippen LogP) is 1.64. The molecule has 6 nitrogen and oxygen atoms in total. The summed E-state index contributed by atoms with van der Waals surface area (Å²) in [5.41, 5.74) is 1.70. The Hall–Kier alpha value is -2.63. The third-order valence-electron chi connectivity index (χ3n) is 3.72. The van der Waals surface area contributed by atoms with E-state index >= 15 is 0 Å². The van der Waals surface area contributed by atoms with Crippen molar-refractivity contribution in [3.8, 4) is 0 Å². The number of amides is 1. The highest BCUT2D eigenvalue weighted by molar-refractivity contribution is 6.06. The quantitative estimate of drug-likeness (QED) is 0.910. The zero-order valence-electron chi connectivity index (χ0n) is 11.6. The number of benzene rings is 1. The van der Waals surface area contributed by atoms with Crippen LogP contribution in [0.5, 0.6) is 0 Å². The molecule has 0 spiro atoms. The molecule has 2 heterocycles. The number of carboxylic acid groups (broad SMARTS) is 1. The maximum atomic E-state index is 12.6. The molecule has 1 aliphatic heterocycles. The molecule has 0 fully saturated rings. The molecule has 1 aromatic carbocycles. The van der Waals surface area contributed by atoms with Crippen molar-refractivity contribution in [2.45, 2.75) is 12.3 Å². The van der Waals surface area contributed by atoms with Gasteiger partial charge < -0.3 is 10.0 Å². The molecule has 6 heteroatoms. The molecular formula is C15H15N3O3. The van der Waals surface area contributed by atoms with E-state index in [1.807, 2.05) is 6.07 Å². The summed E-state index contributed by atoms with van der Waals surface area (Å²) in [5.74, 6) is -1.62. The molecule has 1 aromatic heterocycles. The van der Waals surface area contributed by atoms with Gasteiger partial charge >= 0.3 is 5.97 Å². The molecule has 0 radical (unpaired) electrons. The molecule has 1 atom stereocenters. The smallest absolute Gasteiger partial charge is 0.311 e. The van der Waals surface area contributed by atoms with Crippen LogP contribution in [-0.2, 0) is 11.8 Å². The number of carbonyl (C=O) groups is 2. The zero-order chi connectivity index (χ0) is 15.0. The van der Waals surface area contributed by atoms with Gasteiger partial charge in [-0.25, -0.2) is 0 Å². The van der Waals surface area contributed by atoms with Crippen LogP contribution < -0.4 is 4.90 Å². The lowest BCUT2D eigenvalue weighted by atomic mass is 9.90. The molecule has 1 aliphatic rings. The van der Waals surface area contributed by atoms with Gasteiger partial charge in [-0.05, 0) is 24.1 Å². The SMILES string of the molecule is Cn1ccc(C(=O)N2CCC(C(=O)O)c3ccccc32)n1.